The van der Waals surface area contributed by atoms with Crippen LogP contribution in [0.3, 0.4) is 0 Å². The molecule has 0 heterocycles. The molecular formula is C11H13N. The second-order valence-electron chi connectivity index (χ2n) is 2.56. The summed E-state index contributed by atoms with van der Waals surface area (Å²) in [6.07, 6.45) is 0.862. The minimum Gasteiger partial charge on any atom is -0.314 e. The highest BCUT2D eigenvalue weighted by atomic mass is 14.6. The molecule has 0 fully saturated rings. The molecule has 1 unspecified atom stereocenters. The van der Waals surface area contributed by atoms with Gasteiger partial charge in [0, 0.05) is 6.42 Å². The van der Waals surface area contributed by atoms with Gasteiger partial charge in [-0.05, 0) is 5.56 Å². The van der Waals surface area contributed by atoms with Crippen LogP contribution >= 0.6 is 0 Å². The first-order valence-electron chi connectivity index (χ1n) is 4.13. The number of nitrogens with two attached hydrogens (primary N) is 1. The molecule has 1 atom stereocenters. The van der Waals surface area contributed by atoms with Crippen molar-refractivity contribution in [2.24, 2.45) is 5.73 Å². The van der Waals surface area contributed by atoms with Crippen molar-refractivity contribution in [3.8, 4) is 11.8 Å². The molecular weight excluding hydrogens is 146 g/mol. The summed E-state index contributed by atoms with van der Waals surface area (Å²) in [6.45, 7) is 2.02. The standard InChI is InChI=1S/C11H13N/c1-2-3-9-11(12)10-7-5-4-6-8-10/h4-8,11H,2,12H2,1H3. The fourth-order valence-corrected chi connectivity index (χ4v) is 0.956. The van der Waals surface area contributed by atoms with Crippen molar-refractivity contribution >= 4 is 0 Å². The molecule has 0 saturated heterocycles. The van der Waals surface area contributed by atoms with Gasteiger partial charge in [0.05, 0.1) is 6.04 Å². The Morgan fingerprint density at radius 3 is 2.58 bits per heavy atom. The summed E-state index contributed by atoms with van der Waals surface area (Å²) in [4.78, 5) is 0. The fraction of sp³-hybridized carbons (Fsp3) is 0.273. The van der Waals surface area contributed by atoms with Gasteiger partial charge in [-0.2, -0.15) is 0 Å². The zero-order valence-electron chi connectivity index (χ0n) is 7.25. The van der Waals surface area contributed by atoms with Crippen LogP contribution in [0.15, 0.2) is 30.3 Å². The lowest BCUT2D eigenvalue weighted by atomic mass is 10.1. The lowest BCUT2D eigenvalue weighted by molar-refractivity contribution is 0.942. The molecule has 0 bridgehead atoms. The van der Waals surface area contributed by atoms with Crippen LogP contribution in [-0.4, -0.2) is 0 Å². The molecule has 0 radical (unpaired) electrons. The van der Waals surface area contributed by atoms with Crippen LogP contribution in [-0.2, 0) is 0 Å². The Balaban J connectivity index is 2.72. The third-order valence-electron chi connectivity index (χ3n) is 1.59. The van der Waals surface area contributed by atoms with Crippen molar-refractivity contribution in [1.29, 1.82) is 0 Å². The zero-order chi connectivity index (χ0) is 8.81. The highest BCUT2D eigenvalue weighted by molar-refractivity contribution is 5.26. The third kappa shape index (κ3) is 2.41. The van der Waals surface area contributed by atoms with Crippen molar-refractivity contribution in [2.45, 2.75) is 19.4 Å². The van der Waals surface area contributed by atoms with Crippen LogP contribution in [0.25, 0.3) is 0 Å². The maximum Gasteiger partial charge on any atom is 0.0920 e. The second-order valence-corrected chi connectivity index (χ2v) is 2.56. The zero-order valence-corrected chi connectivity index (χ0v) is 7.25. The van der Waals surface area contributed by atoms with Crippen LogP contribution in [0.4, 0.5) is 0 Å². The summed E-state index contributed by atoms with van der Waals surface area (Å²) >= 11 is 0. The van der Waals surface area contributed by atoms with E-state index in [0.717, 1.165) is 12.0 Å². The van der Waals surface area contributed by atoms with E-state index < -0.39 is 0 Å². The van der Waals surface area contributed by atoms with E-state index in [1.54, 1.807) is 0 Å². The second kappa shape index (κ2) is 4.58. The van der Waals surface area contributed by atoms with Gasteiger partial charge in [0.25, 0.3) is 0 Å². The molecule has 0 aromatic heterocycles. The van der Waals surface area contributed by atoms with Crippen LogP contribution in [0.5, 0.6) is 0 Å². The number of rotatable bonds is 1. The summed E-state index contributed by atoms with van der Waals surface area (Å²) in [5.74, 6) is 5.95. The van der Waals surface area contributed by atoms with E-state index in [4.69, 9.17) is 5.73 Å². The lowest BCUT2D eigenvalue weighted by Crippen LogP contribution is -2.06. The van der Waals surface area contributed by atoms with Crippen LogP contribution < -0.4 is 5.73 Å². The maximum absolute atomic E-state index is 5.81. The van der Waals surface area contributed by atoms with Gasteiger partial charge in [0.15, 0.2) is 0 Å². The first kappa shape index (κ1) is 8.83. The SMILES string of the molecule is CCC#CC(N)c1ccccc1. The van der Waals surface area contributed by atoms with E-state index in [1.807, 2.05) is 37.3 Å². The average Bonchev–Trinajstić information content (AvgIpc) is 2.15. The molecule has 0 aliphatic heterocycles. The van der Waals surface area contributed by atoms with Crippen LogP contribution in [0.2, 0.25) is 0 Å². The minimum absolute atomic E-state index is 0.133. The Labute approximate surface area is 73.6 Å². The molecule has 1 aromatic carbocycles. The van der Waals surface area contributed by atoms with E-state index in [1.165, 1.54) is 0 Å². The van der Waals surface area contributed by atoms with E-state index in [-0.39, 0.29) is 6.04 Å². The molecule has 62 valence electrons. The number of benzene rings is 1. The quantitative estimate of drug-likeness (QED) is 0.624. The summed E-state index contributed by atoms with van der Waals surface area (Å²) in [6, 6.07) is 9.78. The Morgan fingerprint density at radius 1 is 1.33 bits per heavy atom. The van der Waals surface area contributed by atoms with Crippen LogP contribution in [0.1, 0.15) is 24.9 Å². The Bertz CT molecular complexity index is 279. The fourth-order valence-electron chi connectivity index (χ4n) is 0.956. The molecule has 1 heteroatoms. The van der Waals surface area contributed by atoms with Gasteiger partial charge in [-0.3, -0.25) is 0 Å². The molecule has 0 saturated carbocycles. The van der Waals surface area contributed by atoms with Crippen molar-refractivity contribution in [3.63, 3.8) is 0 Å². The molecule has 1 aromatic rings. The van der Waals surface area contributed by atoms with Gasteiger partial charge >= 0.3 is 0 Å². The highest BCUT2D eigenvalue weighted by Gasteiger charge is 1.98. The van der Waals surface area contributed by atoms with Gasteiger partial charge in [-0.25, -0.2) is 0 Å². The molecule has 1 nitrogen and oxygen atoms in total. The van der Waals surface area contributed by atoms with Gasteiger partial charge in [-0.1, -0.05) is 43.2 Å². The topological polar surface area (TPSA) is 26.0 Å². The normalized spacial score (nSPS) is 11.5. The Hall–Kier alpha value is -1.26. The minimum atomic E-state index is -0.133. The summed E-state index contributed by atoms with van der Waals surface area (Å²) < 4.78 is 0. The van der Waals surface area contributed by atoms with E-state index in [2.05, 4.69) is 11.8 Å². The first-order valence-corrected chi connectivity index (χ1v) is 4.13. The first-order chi connectivity index (χ1) is 5.84. The van der Waals surface area contributed by atoms with Gasteiger partial charge in [-0.15, -0.1) is 5.92 Å². The monoisotopic (exact) mass is 159 g/mol. The Kier molecular flexibility index (Phi) is 3.37. The predicted octanol–water partition coefficient (Wildman–Crippen LogP) is 2.10. The van der Waals surface area contributed by atoms with Crippen molar-refractivity contribution < 1.29 is 0 Å². The molecule has 0 spiro atoms. The number of hydrogen-bond donors (Lipinski definition) is 1. The molecule has 2 N–H and O–H groups in total. The van der Waals surface area contributed by atoms with Crippen molar-refractivity contribution in [2.75, 3.05) is 0 Å². The average molecular weight is 159 g/mol. The predicted molar refractivity (Wildman–Crippen MR) is 51.4 cm³/mol. The van der Waals surface area contributed by atoms with E-state index in [0.29, 0.717) is 0 Å². The molecule has 1 rings (SSSR count). The summed E-state index contributed by atoms with van der Waals surface area (Å²) in [5, 5.41) is 0. The van der Waals surface area contributed by atoms with Gasteiger partial charge in [0.1, 0.15) is 0 Å². The highest BCUT2D eigenvalue weighted by Crippen LogP contribution is 2.07. The smallest absolute Gasteiger partial charge is 0.0920 e. The van der Waals surface area contributed by atoms with E-state index in [9.17, 15) is 0 Å². The van der Waals surface area contributed by atoms with Crippen LogP contribution in [0, 0.1) is 11.8 Å². The molecule has 0 aliphatic rings. The van der Waals surface area contributed by atoms with Gasteiger partial charge < -0.3 is 5.73 Å². The summed E-state index contributed by atoms with van der Waals surface area (Å²) in [5.41, 5.74) is 6.89. The molecule has 0 aliphatic carbocycles. The van der Waals surface area contributed by atoms with Crippen molar-refractivity contribution in [1.82, 2.24) is 0 Å². The molecule has 12 heavy (non-hydrogen) atoms. The lowest BCUT2D eigenvalue weighted by Gasteiger charge is -2.02. The molecule has 0 amide bonds. The Morgan fingerprint density at radius 2 is 2.00 bits per heavy atom. The number of hydrogen-bond acceptors (Lipinski definition) is 1. The third-order valence-corrected chi connectivity index (χ3v) is 1.59. The summed E-state index contributed by atoms with van der Waals surface area (Å²) in [7, 11) is 0. The van der Waals surface area contributed by atoms with Crippen molar-refractivity contribution in [3.05, 3.63) is 35.9 Å². The van der Waals surface area contributed by atoms with E-state index >= 15 is 0 Å². The van der Waals surface area contributed by atoms with Gasteiger partial charge in [0.2, 0.25) is 0 Å². The maximum atomic E-state index is 5.81. The largest absolute Gasteiger partial charge is 0.314 e.